The lowest BCUT2D eigenvalue weighted by molar-refractivity contribution is 0.0600. The lowest BCUT2D eigenvalue weighted by Gasteiger charge is -2.02. The summed E-state index contributed by atoms with van der Waals surface area (Å²) in [6.45, 7) is 1.96. The van der Waals surface area contributed by atoms with E-state index in [9.17, 15) is 9.59 Å². The molecule has 0 unspecified atom stereocenters. The summed E-state index contributed by atoms with van der Waals surface area (Å²) in [4.78, 5) is 23.6. The Bertz CT molecular complexity index is 916. The fraction of sp³-hybridized carbons (Fsp3) is 0.111. The molecule has 25 heavy (non-hydrogen) atoms. The third-order valence-corrected chi connectivity index (χ3v) is 3.48. The van der Waals surface area contributed by atoms with E-state index in [0.717, 1.165) is 11.1 Å². The number of nitrogens with zero attached hydrogens (tertiary/aromatic N) is 2. The van der Waals surface area contributed by atoms with Crippen molar-refractivity contribution in [2.24, 2.45) is 0 Å². The van der Waals surface area contributed by atoms with Gasteiger partial charge in [0.05, 0.1) is 12.7 Å². The van der Waals surface area contributed by atoms with Gasteiger partial charge in [-0.25, -0.2) is 4.79 Å². The van der Waals surface area contributed by atoms with Crippen molar-refractivity contribution >= 4 is 17.9 Å². The fourth-order valence-corrected chi connectivity index (χ4v) is 2.21. The van der Waals surface area contributed by atoms with Crippen LogP contribution in [0.3, 0.4) is 0 Å². The molecule has 0 saturated heterocycles. The summed E-state index contributed by atoms with van der Waals surface area (Å²) in [6, 6.07) is 13.6. The first-order chi connectivity index (χ1) is 12.1. The Kier molecular flexibility index (Phi) is 4.56. The average Bonchev–Trinajstić information content (AvgIpc) is 3.09. The maximum atomic E-state index is 12.2. The Morgan fingerprint density at radius 1 is 1.04 bits per heavy atom. The fourth-order valence-electron chi connectivity index (χ4n) is 2.21. The Morgan fingerprint density at radius 2 is 1.76 bits per heavy atom. The number of ether oxygens (including phenoxy) is 1. The van der Waals surface area contributed by atoms with Crippen LogP contribution in [0.2, 0.25) is 0 Å². The molecular formula is C18H15N3O4. The minimum absolute atomic E-state index is 0.00134. The molecule has 0 radical (unpaired) electrons. The van der Waals surface area contributed by atoms with Crippen molar-refractivity contribution in [3.8, 4) is 11.5 Å². The van der Waals surface area contributed by atoms with Gasteiger partial charge in [-0.15, -0.1) is 5.10 Å². The lowest BCUT2D eigenvalue weighted by Crippen LogP contribution is -2.12. The Hall–Kier alpha value is -3.48. The summed E-state index contributed by atoms with van der Waals surface area (Å²) in [7, 11) is 1.30. The van der Waals surface area contributed by atoms with Gasteiger partial charge in [0.25, 0.3) is 5.91 Å². The van der Waals surface area contributed by atoms with Gasteiger partial charge in [0, 0.05) is 11.1 Å². The first-order valence-corrected chi connectivity index (χ1v) is 7.47. The number of carbonyl (C=O) groups excluding carboxylic acids is 2. The van der Waals surface area contributed by atoms with Gasteiger partial charge in [-0.2, -0.15) is 0 Å². The number of benzene rings is 2. The van der Waals surface area contributed by atoms with E-state index in [1.807, 2.05) is 31.2 Å². The highest BCUT2D eigenvalue weighted by Gasteiger charge is 2.14. The SMILES string of the molecule is COC(=O)c1ccc(C(=O)Nc2nnc(-c3cccc(C)c3)o2)cc1. The van der Waals surface area contributed by atoms with E-state index in [2.05, 4.69) is 20.3 Å². The van der Waals surface area contributed by atoms with Crippen LogP contribution >= 0.6 is 0 Å². The smallest absolute Gasteiger partial charge is 0.337 e. The number of hydrogen-bond acceptors (Lipinski definition) is 6. The number of esters is 1. The number of rotatable bonds is 4. The van der Waals surface area contributed by atoms with Crippen molar-refractivity contribution in [3.05, 3.63) is 65.2 Å². The van der Waals surface area contributed by atoms with Crippen LogP contribution in [-0.4, -0.2) is 29.2 Å². The van der Waals surface area contributed by atoms with Crippen LogP contribution in [-0.2, 0) is 4.74 Å². The molecule has 7 nitrogen and oxygen atoms in total. The minimum Gasteiger partial charge on any atom is -0.465 e. The number of carbonyl (C=O) groups is 2. The summed E-state index contributed by atoms with van der Waals surface area (Å²) >= 11 is 0. The van der Waals surface area contributed by atoms with Crippen LogP contribution in [0.1, 0.15) is 26.3 Å². The number of methoxy groups -OCH3 is 1. The average molecular weight is 337 g/mol. The quantitative estimate of drug-likeness (QED) is 0.735. The highest BCUT2D eigenvalue weighted by Crippen LogP contribution is 2.21. The number of aryl methyl sites for hydroxylation is 1. The second kappa shape index (κ2) is 6.96. The van der Waals surface area contributed by atoms with E-state index >= 15 is 0 Å². The summed E-state index contributed by atoms with van der Waals surface area (Å²) < 4.78 is 10.1. The molecule has 0 bridgehead atoms. The second-order valence-electron chi connectivity index (χ2n) is 5.30. The molecule has 0 atom stereocenters. The molecule has 1 aromatic heterocycles. The molecule has 3 aromatic rings. The van der Waals surface area contributed by atoms with Gasteiger partial charge >= 0.3 is 12.0 Å². The van der Waals surface area contributed by atoms with E-state index in [-0.39, 0.29) is 6.01 Å². The highest BCUT2D eigenvalue weighted by atomic mass is 16.5. The standard InChI is InChI=1S/C18H15N3O4/c1-11-4-3-5-14(10-11)16-20-21-18(25-16)19-15(22)12-6-8-13(9-7-12)17(23)24-2/h3-10H,1-2H3,(H,19,21,22). The van der Waals surface area contributed by atoms with Gasteiger partial charge < -0.3 is 9.15 Å². The van der Waals surface area contributed by atoms with Crippen LogP contribution < -0.4 is 5.32 Å². The van der Waals surface area contributed by atoms with Crippen molar-refractivity contribution in [3.63, 3.8) is 0 Å². The Balaban J connectivity index is 1.72. The van der Waals surface area contributed by atoms with Gasteiger partial charge in [0.2, 0.25) is 5.89 Å². The van der Waals surface area contributed by atoms with Crippen molar-refractivity contribution in [2.75, 3.05) is 12.4 Å². The van der Waals surface area contributed by atoms with Crippen LogP contribution in [0.15, 0.2) is 52.9 Å². The van der Waals surface area contributed by atoms with Crippen LogP contribution in [0.5, 0.6) is 0 Å². The molecule has 0 aliphatic carbocycles. The first-order valence-electron chi connectivity index (χ1n) is 7.47. The number of aromatic nitrogens is 2. The molecule has 0 fully saturated rings. The number of nitrogens with one attached hydrogen (secondary N) is 1. The van der Waals surface area contributed by atoms with Gasteiger partial charge in [0.1, 0.15) is 0 Å². The zero-order chi connectivity index (χ0) is 17.8. The molecule has 0 spiro atoms. The zero-order valence-corrected chi connectivity index (χ0v) is 13.6. The predicted molar refractivity (Wildman–Crippen MR) is 90.2 cm³/mol. The van der Waals surface area contributed by atoms with Gasteiger partial charge in [-0.3, -0.25) is 10.1 Å². The largest absolute Gasteiger partial charge is 0.465 e. The first kappa shape index (κ1) is 16.4. The maximum Gasteiger partial charge on any atom is 0.337 e. The normalized spacial score (nSPS) is 10.3. The second-order valence-corrected chi connectivity index (χ2v) is 5.30. The van der Waals surface area contributed by atoms with Crippen molar-refractivity contribution in [1.82, 2.24) is 10.2 Å². The van der Waals surface area contributed by atoms with Gasteiger partial charge in [-0.05, 0) is 43.3 Å². The summed E-state index contributed by atoms with van der Waals surface area (Å²) in [5, 5.41) is 10.3. The highest BCUT2D eigenvalue weighted by molar-refractivity contribution is 6.03. The third kappa shape index (κ3) is 3.72. The van der Waals surface area contributed by atoms with E-state index < -0.39 is 11.9 Å². The maximum absolute atomic E-state index is 12.2. The third-order valence-electron chi connectivity index (χ3n) is 3.48. The van der Waals surface area contributed by atoms with Crippen molar-refractivity contribution < 1.29 is 18.7 Å². The number of amides is 1. The molecule has 3 rings (SSSR count). The zero-order valence-electron chi connectivity index (χ0n) is 13.6. The van der Waals surface area contributed by atoms with Crippen LogP contribution in [0.4, 0.5) is 6.01 Å². The molecule has 7 heteroatoms. The lowest BCUT2D eigenvalue weighted by atomic mass is 10.1. The molecule has 0 aliphatic rings. The van der Waals surface area contributed by atoms with E-state index in [4.69, 9.17) is 4.42 Å². The van der Waals surface area contributed by atoms with E-state index in [1.54, 1.807) is 0 Å². The number of anilines is 1. The van der Waals surface area contributed by atoms with Gasteiger partial charge in [0.15, 0.2) is 0 Å². The Morgan fingerprint density at radius 3 is 2.44 bits per heavy atom. The predicted octanol–water partition coefficient (Wildman–Crippen LogP) is 3.08. The Labute approximate surface area is 143 Å². The molecular weight excluding hydrogens is 322 g/mol. The summed E-state index contributed by atoms with van der Waals surface area (Å²) in [5.41, 5.74) is 2.55. The van der Waals surface area contributed by atoms with Crippen molar-refractivity contribution in [2.45, 2.75) is 6.92 Å². The van der Waals surface area contributed by atoms with E-state index in [1.165, 1.54) is 31.4 Å². The molecule has 1 N–H and O–H groups in total. The molecule has 126 valence electrons. The van der Waals surface area contributed by atoms with Crippen LogP contribution in [0.25, 0.3) is 11.5 Å². The molecule has 1 heterocycles. The van der Waals surface area contributed by atoms with Crippen LogP contribution in [0, 0.1) is 6.92 Å². The molecule has 2 aromatic carbocycles. The van der Waals surface area contributed by atoms with Gasteiger partial charge in [-0.1, -0.05) is 22.8 Å². The molecule has 1 amide bonds. The monoisotopic (exact) mass is 337 g/mol. The van der Waals surface area contributed by atoms with E-state index in [0.29, 0.717) is 17.0 Å². The minimum atomic E-state index is -0.466. The summed E-state index contributed by atoms with van der Waals surface area (Å²) in [5.74, 6) is -0.567. The van der Waals surface area contributed by atoms with Crippen molar-refractivity contribution in [1.29, 1.82) is 0 Å². The molecule has 0 saturated carbocycles. The summed E-state index contributed by atoms with van der Waals surface area (Å²) in [6.07, 6.45) is 0. The molecule has 0 aliphatic heterocycles. The number of hydrogen-bond donors (Lipinski definition) is 1. The topological polar surface area (TPSA) is 94.3 Å².